The quantitative estimate of drug-likeness (QED) is 0.584. The van der Waals surface area contributed by atoms with Crippen LogP contribution in [0.1, 0.15) is 33.1 Å². The van der Waals surface area contributed by atoms with Crippen molar-refractivity contribution < 1.29 is 9.53 Å². The van der Waals surface area contributed by atoms with Crippen LogP contribution in [-0.2, 0) is 9.53 Å². The molecule has 0 aromatic rings. The Bertz CT molecular complexity index is 142. The first-order chi connectivity index (χ1) is 5.29. The van der Waals surface area contributed by atoms with Crippen LogP contribution in [0.4, 0.5) is 0 Å². The van der Waals surface area contributed by atoms with Gasteiger partial charge in [-0.3, -0.25) is 4.79 Å². The van der Waals surface area contributed by atoms with E-state index >= 15 is 0 Å². The fourth-order valence-corrected chi connectivity index (χ4v) is 1.67. The van der Waals surface area contributed by atoms with Gasteiger partial charge >= 0.3 is 5.97 Å². The lowest BCUT2D eigenvalue weighted by Crippen LogP contribution is -2.14. The Kier molecular flexibility index (Phi) is 2.92. The van der Waals surface area contributed by atoms with E-state index in [4.69, 9.17) is 4.74 Å². The first-order valence-electron chi connectivity index (χ1n) is 4.46. The zero-order chi connectivity index (χ0) is 8.27. The minimum absolute atomic E-state index is 0.0266. The molecule has 0 amide bonds. The monoisotopic (exact) mass is 156 g/mol. The average molecular weight is 156 g/mol. The molecule has 0 saturated carbocycles. The summed E-state index contributed by atoms with van der Waals surface area (Å²) in [4.78, 5) is 11.1. The molecule has 2 nitrogen and oxygen atoms in total. The lowest BCUT2D eigenvalue weighted by molar-refractivity contribution is -0.141. The van der Waals surface area contributed by atoms with Crippen molar-refractivity contribution in [1.82, 2.24) is 0 Å². The summed E-state index contributed by atoms with van der Waals surface area (Å²) in [5, 5.41) is 0. The fraction of sp³-hybridized carbons (Fsp3) is 0.889. The van der Waals surface area contributed by atoms with Crippen LogP contribution in [-0.4, -0.2) is 12.6 Å². The third-order valence-corrected chi connectivity index (χ3v) is 2.44. The minimum Gasteiger partial charge on any atom is -0.465 e. The molecule has 0 aromatic heterocycles. The molecule has 1 rings (SSSR count). The smallest absolute Gasteiger partial charge is 0.309 e. The summed E-state index contributed by atoms with van der Waals surface area (Å²) in [5.41, 5.74) is 0. The van der Waals surface area contributed by atoms with Gasteiger partial charge in [0.05, 0.1) is 12.5 Å². The van der Waals surface area contributed by atoms with Crippen LogP contribution in [0.25, 0.3) is 0 Å². The third-order valence-electron chi connectivity index (χ3n) is 2.44. The Balaban J connectivity index is 2.49. The molecule has 0 spiro atoms. The summed E-state index contributed by atoms with van der Waals surface area (Å²) >= 11 is 0. The minimum atomic E-state index is 0.0266. The van der Waals surface area contributed by atoms with Crippen molar-refractivity contribution in [3.63, 3.8) is 0 Å². The lowest BCUT2D eigenvalue weighted by Gasteiger charge is -2.10. The predicted molar refractivity (Wildman–Crippen MR) is 43.1 cm³/mol. The van der Waals surface area contributed by atoms with Crippen molar-refractivity contribution in [2.24, 2.45) is 11.8 Å². The molecule has 11 heavy (non-hydrogen) atoms. The summed E-state index contributed by atoms with van der Waals surface area (Å²) in [6.45, 7) is 4.88. The van der Waals surface area contributed by atoms with Gasteiger partial charge < -0.3 is 4.74 Å². The van der Waals surface area contributed by atoms with Crippen LogP contribution in [0, 0.1) is 11.8 Å². The first-order valence-corrected chi connectivity index (χ1v) is 4.46. The number of ether oxygens (including phenoxy) is 1. The maximum absolute atomic E-state index is 11.1. The third kappa shape index (κ3) is 1.73. The van der Waals surface area contributed by atoms with Gasteiger partial charge in [0, 0.05) is 5.92 Å². The van der Waals surface area contributed by atoms with E-state index in [9.17, 15) is 4.79 Å². The molecule has 1 heterocycles. The number of carbonyl (C=O) groups is 1. The summed E-state index contributed by atoms with van der Waals surface area (Å²) in [6.07, 6.45) is 3.14. The molecule has 2 atom stereocenters. The topological polar surface area (TPSA) is 26.3 Å². The van der Waals surface area contributed by atoms with E-state index in [1.54, 1.807) is 0 Å². The molecule has 1 fully saturated rings. The van der Waals surface area contributed by atoms with Crippen molar-refractivity contribution in [1.29, 1.82) is 0 Å². The van der Waals surface area contributed by atoms with E-state index < -0.39 is 0 Å². The molecular weight excluding hydrogens is 140 g/mol. The van der Waals surface area contributed by atoms with Crippen LogP contribution < -0.4 is 0 Å². The molecule has 64 valence electrons. The highest BCUT2D eigenvalue weighted by Crippen LogP contribution is 2.28. The number of hydrogen-bond donors (Lipinski definition) is 0. The van der Waals surface area contributed by atoms with Crippen LogP contribution >= 0.6 is 0 Å². The van der Waals surface area contributed by atoms with E-state index in [0.29, 0.717) is 12.5 Å². The van der Waals surface area contributed by atoms with Gasteiger partial charge in [-0.25, -0.2) is 0 Å². The van der Waals surface area contributed by atoms with E-state index in [1.165, 1.54) is 0 Å². The second-order valence-corrected chi connectivity index (χ2v) is 3.19. The van der Waals surface area contributed by atoms with Gasteiger partial charge in [0.15, 0.2) is 0 Å². The normalized spacial score (nSPS) is 30.5. The predicted octanol–water partition coefficient (Wildman–Crippen LogP) is 1.99. The number of rotatable bonds is 3. The van der Waals surface area contributed by atoms with Crippen molar-refractivity contribution in [2.45, 2.75) is 33.1 Å². The Morgan fingerprint density at radius 1 is 1.55 bits per heavy atom. The second kappa shape index (κ2) is 3.74. The number of cyclic esters (lactones) is 1. The number of hydrogen-bond acceptors (Lipinski definition) is 2. The summed E-state index contributed by atoms with van der Waals surface area (Å²) in [6, 6.07) is 0. The Labute approximate surface area is 67.9 Å². The van der Waals surface area contributed by atoms with Gasteiger partial charge in [0.1, 0.15) is 0 Å². The van der Waals surface area contributed by atoms with Gasteiger partial charge in [-0.2, -0.15) is 0 Å². The van der Waals surface area contributed by atoms with Gasteiger partial charge in [0.2, 0.25) is 0 Å². The second-order valence-electron chi connectivity index (χ2n) is 3.19. The van der Waals surface area contributed by atoms with Gasteiger partial charge in [0.25, 0.3) is 0 Å². The van der Waals surface area contributed by atoms with E-state index in [0.717, 1.165) is 19.3 Å². The Morgan fingerprint density at radius 3 is 2.82 bits per heavy atom. The van der Waals surface area contributed by atoms with E-state index in [2.05, 4.69) is 13.8 Å². The Hall–Kier alpha value is -0.530. The SMILES string of the molecule is CCC[C@H]1C(=O)OC[C@@H]1CC. The summed E-state index contributed by atoms with van der Waals surface area (Å²) < 4.78 is 4.98. The van der Waals surface area contributed by atoms with Gasteiger partial charge in [-0.15, -0.1) is 0 Å². The molecule has 1 aliphatic heterocycles. The molecule has 1 aliphatic rings. The van der Waals surface area contributed by atoms with Gasteiger partial charge in [-0.1, -0.05) is 20.3 Å². The van der Waals surface area contributed by atoms with Crippen molar-refractivity contribution in [3.8, 4) is 0 Å². The van der Waals surface area contributed by atoms with Crippen molar-refractivity contribution >= 4 is 5.97 Å². The molecular formula is C9H16O2. The molecule has 0 aromatic carbocycles. The fourth-order valence-electron chi connectivity index (χ4n) is 1.67. The highest BCUT2D eigenvalue weighted by molar-refractivity contribution is 5.74. The summed E-state index contributed by atoms with van der Waals surface area (Å²) in [5.74, 6) is 0.714. The largest absolute Gasteiger partial charge is 0.465 e. The number of esters is 1. The van der Waals surface area contributed by atoms with E-state index in [1.807, 2.05) is 0 Å². The van der Waals surface area contributed by atoms with Crippen LogP contribution in [0.15, 0.2) is 0 Å². The van der Waals surface area contributed by atoms with Crippen LogP contribution in [0.5, 0.6) is 0 Å². The van der Waals surface area contributed by atoms with Crippen LogP contribution in [0.3, 0.4) is 0 Å². The van der Waals surface area contributed by atoms with Gasteiger partial charge in [-0.05, 0) is 12.8 Å². The lowest BCUT2D eigenvalue weighted by atomic mass is 9.89. The zero-order valence-corrected chi connectivity index (χ0v) is 7.30. The maximum atomic E-state index is 11.1. The molecule has 0 unspecified atom stereocenters. The Morgan fingerprint density at radius 2 is 2.27 bits per heavy atom. The summed E-state index contributed by atoms with van der Waals surface area (Å²) in [7, 11) is 0. The van der Waals surface area contributed by atoms with Crippen LogP contribution in [0.2, 0.25) is 0 Å². The molecule has 0 N–H and O–H groups in total. The van der Waals surface area contributed by atoms with E-state index in [-0.39, 0.29) is 11.9 Å². The van der Waals surface area contributed by atoms with Crippen molar-refractivity contribution in [2.75, 3.05) is 6.61 Å². The maximum Gasteiger partial charge on any atom is 0.309 e. The average Bonchev–Trinajstić information content (AvgIpc) is 2.34. The molecule has 1 saturated heterocycles. The van der Waals surface area contributed by atoms with Crippen molar-refractivity contribution in [3.05, 3.63) is 0 Å². The zero-order valence-electron chi connectivity index (χ0n) is 7.30. The highest BCUT2D eigenvalue weighted by atomic mass is 16.5. The molecule has 0 bridgehead atoms. The molecule has 0 radical (unpaired) electrons. The number of carbonyl (C=O) groups excluding carboxylic acids is 1. The standard InChI is InChI=1S/C9H16O2/c1-3-5-8-7(4-2)6-11-9(8)10/h7-8H,3-6H2,1-2H3/t7-,8+/m0/s1. The molecule has 2 heteroatoms. The first kappa shape index (κ1) is 8.57. The highest BCUT2D eigenvalue weighted by Gasteiger charge is 2.34. The molecule has 0 aliphatic carbocycles.